The van der Waals surface area contributed by atoms with E-state index in [1.165, 1.54) is 0 Å². The van der Waals surface area contributed by atoms with Crippen LogP contribution in [0.5, 0.6) is 0 Å². The molecule has 0 unspecified atom stereocenters. The second kappa shape index (κ2) is 6.94. The Bertz CT molecular complexity index is 853. The fourth-order valence-electron chi connectivity index (χ4n) is 2.23. The Kier molecular flexibility index (Phi) is 4.74. The topological polar surface area (TPSA) is 42.0 Å². The summed E-state index contributed by atoms with van der Waals surface area (Å²) in [5, 5.41) is 3.08. The lowest BCUT2D eigenvalue weighted by Crippen LogP contribution is -2.13. The molecule has 1 heterocycles. The quantitative estimate of drug-likeness (QED) is 0.610. The van der Waals surface area contributed by atoms with Crippen LogP contribution in [-0.2, 0) is 0 Å². The van der Waals surface area contributed by atoms with Crippen LogP contribution in [0.2, 0.25) is 5.15 Å². The van der Waals surface area contributed by atoms with Crippen molar-refractivity contribution < 1.29 is 4.79 Å². The van der Waals surface area contributed by atoms with Crippen molar-refractivity contribution in [1.29, 1.82) is 0 Å². The molecular formula is C18H12BrClN2O. The maximum Gasteiger partial charge on any atom is 0.258 e. The van der Waals surface area contributed by atoms with Crippen molar-refractivity contribution in [3.63, 3.8) is 0 Å². The lowest BCUT2D eigenvalue weighted by atomic mass is 10.0. The normalized spacial score (nSPS) is 10.3. The molecule has 0 aliphatic carbocycles. The van der Waals surface area contributed by atoms with Crippen LogP contribution >= 0.6 is 27.5 Å². The minimum Gasteiger partial charge on any atom is -0.321 e. The van der Waals surface area contributed by atoms with E-state index < -0.39 is 0 Å². The van der Waals surface area contributed by atoms with Crippen LogP contribution in [-0.4, -0.2) is 10.9 Å². The van der Waals surface area contributed by atoms with Crippen molar-refractivity contribution >= 4 is 39.1 Å². The van der Waals surface area contributed by atoms with Crippen LogP contribution in [0.15, 0.2) is 71.3 Å². The third kappa shape index (κ3) is 3.60. The molecule has 3 rings (SSSR count). The Labute approximate surface area is 147 Å². The largest absolute Gasteiger partial charge is 0.321 e. The standard InChI is InChI=1S/C18H12BrClN2O/c19-13-10-15(17(20)21-11-13)18(23)22-16-9-5-4-8-14(16)12-6-2-1-3-7-12/h1-11H,(H,22,23). The first-order valence-corrected chi connectivity index (χ1v) is 8.09. The number of benzene rings is 2. The molecule has 0 spiro atoms. The first-order chi connectivity index (χ1) is 11.1. The number of aromatic nitrogens is 1. The smallest absolute Gasteiger partial charge is 0.258 e. The highest BCUT2D eigenvalue weighted by Crippen LogP contribution is 2.28. The number of hydrogen-bond donors (Lipinski definition) is 1. The minimum absolute atomic E-state index is 0.169. The lowest BCUT2D eigenvalue weighted by Gasteiger charge is -2.12. The second-order valence-corrected chi connectivity index (χ2v) is 6.13. The van der Waals surface area contributed by atoms with Gasteiger partial charge in [0, 0.05) is 21.9 Å². The van der Waals surface area contributed by atoms with E-state index in [1.807, 2.05) is 54.6 Å². The van der Waals surface area contributed by atoms with Gasteiger partial charge in [-0.3, -0.25) is 4.79 Å². The summed E-state index contributed by atoms with van der Waals surface area (Å²) in [6, 6.07) is 19.2. The molecular weight excluding hydrogens is 376 g/mol. The molecule has 0 radical (unpaired) electrons. The van der Waals surface area contributed by atoms with Crippen molar-refractivity contribution in [2.45, 2.75) is 0 Å². The Morgan fingerprint density at radius 1 is 1.04 bits per heavy atom. The number of nitrogens with zero attached hydrogens (tertiary/aromatic N) is 1. The summed E-state index contributed by atoms with van der Waals surface area (Å²) in [7, 11) is 0. The van der Waals surface area contributed by atoms with E-state index >= 15 is 0 Å². The van der Waals surface area contributed by atoms with Gasteiger partial charge in [0.1, 0.15) is 5.15 Å². The predicted molar refractivity (Wildman–Crippen MR) is 96.8 cm³/mol. The van der Waals surface area contributed by atoms with Gasteiger partial charge >= 0.3 is 0 Å². The molecule has 1 aromatic heterocycles. The number of para-hydroxylation sites is 1. The molecule has 0 aliphatic rings. The lowest BCUT2D eigenvalue weighted by molar-refractivity contribution is 0.102. The number of carbonyl (C=O) groups excluding carboxylic acids is 1. The molecule has 3 aromatic rings. The molecule has 1 N–H and O–H groups in total. The van der Waals surface area contributed by atoms with Crippen molar-refractivity contribution in [3.05, 3.63) is 82.0 Å². The van der Waals surface area contributed by atoms with E-state index in [0.717, 1.165) is 16.8 Å². The Morgan fingerprint density at radius 3 is 2.52 bits per heavy atom. The second-order valence-electron chi connectivity index (χ2n) is 4.86. The van der Waals surface area contributed by atoms with E-state index in [9.17, 15) is 4.79 Å². The number of pyridine rings is 1. The number of amides is 1. The number of anilines is 1. The third-order valence-corrected chi connectivity index (χ3v) is 4.05. The average molecular weight is 388 g/mol. The fourth-order valence-corrected chi connectivity index (χ4v) is 2.75. The van der Waals surface area contributed by atoms with Gasteiger partial charge in [0.2, 0.25) is 0 Å². The van der Waals surface area contributed by atoms with Gasteiger partial charge in [0.15, 0.2) is 0 Å². The van der Waals surface area contributed by atoms with Gasteiger partial charge in [-0.15, -0.1) is 0 Å². The van der Waals surface area contributed by atoms with E-state index in [0.29, 0.717) is 10.0 Å². The molecule has 0 saturated carbocycles. The summed E-state index contributed by atoms with van der Waals surface area (Å²) in [5.74, 6) is -0.299. The van der Waals surface area contributed by atoms with Crippen LogP contribution in [0.25, 0.3) is 11.1 Å². The zero-order valence-electron chi connectivity index (χ0n) is 12.0. The highest BCUT2D eigenvalue weighted by Gasteiger charge is 2.14. The molecule has 0 atom stereocenters. The van der Waals surface area contributed by atoms with Crippen molar-refractivity contribution in [1.82, 2.24) is 4.98 Å². The number of carbonyl (C=O) groups is 1. The van der Waals surface area contributed by atoms with Gasteiger partial charge < -0.3 is 5.32 Å². The molecule has 114 valence electrons. The van der Waals surface area contributed by atoms with Crippen LogP contribution in [0, 0.1) is 0 Å². The van der Waals surface area contributed by atoms with Gasteiger partial charge in [-0.05, 0) is 33.6 Å². The third-order valence-electron chi connectivity index (χ3n) is 3.31. The molecule has 0 aliphatic heterocycles. The van der Waals surface area contributed by atoms with E-state index in [-0.39, 0.29) is 11.1 Å². The molecule has 23 heavy (non-hydrogen) atoms. The van der Waals surface area contributed by atoms with E-state index in [1.54, 1.807) is 12.3 Å². The van der Waals surface area contributed by atoms with Gasteiger partial charge in [0.05, 0.1) is 5.56 Å². The zero-order valence-corrected chi connectivity index (χ0v) is 14.3. The summed E-state index contributed by atoms with van der Waals surface area (Å²) >= 11 is 9.32. The SMILES string of the molecule is O=C(Nc1ccccc1-c1ccccc1)c1cc(Br)cnc1Cl. The van der Waals surface area contributed by atoms with Crippen molar-refractivity contribution in [2.75, 3.05) is 5.32 Å². The van der Waals surface area contributed by atoms with Gasteiger partial charge in [-0.1, -0.05) is 60.1 Å². The Hall–Kier alpha value is -2.17. The summed E-state index contributed by atoms with van der Waals surface area (Å²) in [4.78, 5) is 16.5. The molecule has 0 bridgehead atoms. The molecule has 0 fully saturated rings. The molecule has 3 nitrogen and oxygen atoms in total. The average Bonchev–Trinajstić information content (AvgIpc) is 2.58. The molecule has 5 heteroatoms. The molecule has 0 saturated heterocycles. The summed E-state index contributed by atoms with van der Waals surface area (Å²) in [6.07, 6.45) is 1.55. The summed E-state index contributed by atoms with van der Waals surface area (Å²) in [5.41, 5.74) is 3.02. The Morgan fingerprint density at radius 2 is 1.74 bits per heavy atom. The van der Waals surface area contributed by atoms with Gasteiger partial charge in [0.25, 0.3) is 5.91 Å². The van der Waals surface area contributed by atoms with E-state index in [2.05, 4.69) is 26.2 Å². The van der Waals surface area contributed by atoms with Gasteiger partial charge in [-0.2, -0.15) is 0 Å². The monoisotopic (exact) mass is 386 g/mol. The van der Waals surface area contributed by atoms with Crippen molar-refractivity contribution in [2.24, 2.45) is 0 Å². The molecule has 2 aromatic carbocycles. The maximum atomic E-state index is 12.5. The predicted octanol–water partition coefficient (Wildman–Crippen LogP) is 5.42. The zero-order chi connectivity index (χ0) is 16.2. The first-order valence-electron chi connectivity index (χ1n) is 6.92. The number of rotatable bonds is 3. The fraction of sp³-hybridized carbons (Fsp3) is 0. The maximum absolute atomic E-state index is 12.5. The highest BCUT2D eigenvalue weighted by molar-refractivity contribution is 9.10. The number of hydrogen-bond acceptors (Lipinski definition) is 2. The highest BCUT2D eigenvalue weighted by atomic mass is 79.9. The van der Waals surface area contributed by atoms with E-state index in [4.69, 9.17) is 11.6 Å². The minimum atomic E-state index is -0.299. The number of nitrogens with one attached hydrogen (secondary N) is 1. The number of halogens is 2. The summed E-state index contributed by atoms with van der Waals surface area (Å²) < 4.78 is 0.698. The molecule has 1 amide bonds. The first kappa shape index (κ1) is 15.7. The van der Waals surface area contributed by atoms with Crippen LogP contribution in [0.1, 0.15) is 10.4 Å². The van der Waals surface area contributed by atoms with Gasteiger partial charge in [-0.25, -0.2) is 4.98 Å². The van der Waals surface area contributed by atoms with Crippen LogP contribution < -0.4 is 5.32 Å². The summed E-state index contributed by atoms with van der Waals surface area (Å²) in [6.45, 7) is 0. The Balaban J connectivity index is 1.95. The van der Waals surface area contributed by atoms with Crippen LogP contribution in [0.4, 0.5) is 5.69 Å². The van der Waals surface area contributed by atoms with Crippen LogP contribution in [0.3, 0.4) is 0 Å². The van der Waals surface area contributed by atoms with Crippen molar-refractivity contribution in [3.8, 4) is 11.1 Å².